The van der Waals surface area contributed by atoms with Crippen molar-refractivity contribution in [3.8, 4) is 0 Å². The summed E-state index contributed by atoms with van der Waals surface area (Å²) in [6.45, 7) is 3.68. The van der Waals surface area contributed by atoms with Crippen LogP contribution < -0.4 is 0 Å². The first kappa shape index (κ1) is 27.2. The van der Waals surface area contributed by atoms with Crippen molar-refractivity contribution in [3.63, 3.8) is 0 Å². The molecular weight excluding hydrogens is 480 g/mol. The van der Waals surface area contributed by atoms with E-state index in [1.165, 1.54) is 24.3 Å². The lowest BCUT2D eigenvalue weighted by Gasteiger charge is -2.08. The van der Waals surface area contributed by atoms with E-state index in [0.29, 0.717) is 0 Å². The van der Waals surface area contributed by atoms with Crippen molar-refractivity contribution in [2.75, 3.05) is 0 Å². The molecule has 0 bridgehead atoms. The van der Waals surface area contributed by atoms with E-state index in [-0.39, 0.29) is 15.6 Å². The van der Waals surface area contributed by atoms with Gasteiger partial charge in [0.15, 0.2) is 0 Å². The number of hydrogen-bond acceptors (Lipinski definition) is 6. The number of aryl methyl sites for hydroxylation is 2. The number of aliphatic hydroxyl groups excluding tert-OH is 2. The summed E-state index contributed by atoms with van der Waals surface area (Å²) in [5.41, 5.74) is 3.57. The van der Waals surface area contributed by atoms with Gasteiger partial charge in [-0.25, -0.2) is 0 Å². The molecule has 4 N–H and O–H groups in total. The molecule has 182 valence electrons. The number of benzene rings is 2. The van der Waals surface area contributed by atoms with Crippen molar-refractivity contribution >= 4 is 20.2 Å². The smallest absolute Gasteiger partial charge is 0.294 e. The van der Waals surface area contributed by atoms with E-state index in [1.54, 1.807) is 42.5 Å². The second kappa shape index (κ2) is 11.4. The van der Waals surface area contributed by atoms with E-state index in [4.69, 9.17) is 9.11 Å². The minimum absolute atomic E-state index is 0.0666. The van der Waals surface area contributed by atoms with Gasteiger partial charge in [-0.1, -0.05) is 59.7 Å². The largest absolute Gasteiger partial charge is 0.508 e. The average molecular weight is 507 g/mol. The Bertz CT molecular complexity index is 1260. The third kappa shape index (κ3) is 8.08. The van der Waals surface area contributed by atoms with Gasteiger partial charge >= 0.3 is 0 Å². The maximum Gasteiger partial charge on any atom is 0.294 e. The molecule has 0 saturated heterocycles. The number of aliphatic hydroxyl groups is 2. The molecule has 2 aromatic rings. The fourth-order valence-electron chi connectivity index (χ4n) is 2.93. The Hall–Kier alpha value is -3.02. The molecule has 2 aliphatic carbocycles. The van der Waals surface area contributed by atoms with Crippen LogP contribution >= 0.6 is 0 Å². The first-order valence-electron chi connectivity index (χ1n) is 10.0. The topological polar surface area (TPSA) is 149 Å². The van der Waals surface area contributed by atoms with E-state index in [2.05, 4.69) is 0 Å². The molecule has 0 spiro atoms. The number of hydrogen-bond donors (Lipinski definition) is 4. The summed E-state index contributed by atoms with van der Waals surface area (Å²) in [7, 11) is -8.04. The van der Waals surface area contributed by atoms with E-state index in [1.807, 2.05) is 26.0 Å². The summed E-state index contributed by atoms with van der Waals surface area (Å²) in [5, 5.41) is 18.8. The van der Waals surface area contributed by atoms with Gasteiger partial charge in [0.25, 0.3) is 20.2 Å². The minimum Gasteiger partial charge on any atom is -0.508 e. The van der Waals surface area contributed by atoms with Crippen molar-refractivity contribution in [1.82, 2.24) is 0 Å². The highest BCUT2D eigenvalue weighted by Gasteiger charge is 2.19. The van der Waals surface area contributed by atoms with Crippen LogP contribution in [0.1, 0.15) is 17.5 Å². The highest BCUT2D eigenvalue weighted by atomic mass is 32.2. The first-order valence-corrected chi connectivity index (χ1v) is 12.9. The Kier molecular flexibility index (Phi) is 9.14. The fraction of sp³-hybridized carbons (Fsp3) is 0.167. The van der Waals surface area contributed by atoms with Crippen LogP contribution in [0, 0.1) is 13.8 Å². The second-order valence-electron chi connectivity index (χ2n) is 7.50. The van der Waals surface area contributed by atoms with E-state index in [9.17, 15) is 27.0 Å². The van der Waals surface area contributed by atoms with E-state index in [0.717, 1.165) is 28.7 Å². The number of rotatable bonds is 3. The summed E-state index contributed by atoms with van der Waals surface area (Å²) in [5.74, 6) is 0.281. The fourth-order valence-corrected chi connectivity index (χ4v) is 3.89. The zero-order chi connectivity index (χ0) is 25.5. The lowest BCUT2D eigenvalue weighted by atomic mass is 10.0. The minimum atomic E-state index is -4.02. The predicted molar refractivity (Wildman–Crippen MR) is 129 cm³/mol. The Morgan fingerprint density at radius 2 is 1.24 bits per heavy atom. The van der Waals surface area contributed by atoms with Crippen LogP contribution in [0.5, 0.6) is 0 Å². The Morgan fingerprint density at radius 3 is 1.53 bits per heavy atom. The van der Waals surface area contributed by atoms with Crippen molar-refractivity contribution in [3.05, 3.63) is 107 Å². The second-order valence-corrected chi connectivity index (χ2v) is 10.3. The van der Waals surface area contributed by atoms with Crippen LogP contribution in [-0.2, 0) is 20.2 Å². The normalized spacial score (nSPS) is 17.0. The Balaban J connectivity index is 0.000000181. The van der Waals surface area contributed by atoms with E-state index >= 15 is 0 Å². The van der Waals surface area contributed by atoms with Crippen LogP contribution in [0.2, 0.25) is 0 Å². The van der Waals surface area contributed by atoms with Gasteiger partial charge in [-0.15, -0.1) is 0 Å². The third-order valence-electron chi connectivity index (χ3n) is 4.78. The summed E-state index contributed by atoms with van der Waals surface area (Å²) in [6, 6.07) is 12.0. The Morgan fingerprint density at radius 1 is 0.794 bits per heavy atom. The zero-order valence-corrected chi connectivity index (χ0v) is 20.2. The van der Waals surface area contributed by atoms with Crippen molar-refractivity contribution < 1.29 is 36.2 Å². The zero-order valence-electron chi connectivity index (χ0n) is 18.5. The quantitative estimate of drug-likeness (QED) is 0.455. The molecule has 0 aromatic heterocycles. The highest BCUT2D eigenvalue weighted by Crippen LogP contribution is 2.29. The lowest BCUT2D eigenvalue weighted by molar-refractivity contribution is 0.262. The van der Waals surface area contributed by atoms with E-state index < -0.39 is 26.3 Å². The summed E-state index contributed by atoms with van der Waals surface area (Å²) in [6.07, 6.45) is 9.08. The summed E-state index contributed by atoms with van der Waals surface area (Å²) >= 11 is 0. The SMILES string of the molecule is Cc1ccc(S(=O)(=O)O)cc1.Cc1ccc(S(=O)(=O)O)cc1.OC1=C(C2=CC=CC2O)CC=C1. The average Bonchev–Trinajstić information content (AvgIpc) is 3.35. The molecule has 0 fully saturated rings. The molecule has 8 nitrogen and oxygen atoms in total. The molecule has 2 aromatic carbocycles. The van der Waals surface area contributed by atoms with Gasteiger partial charge in [-0.3, -0.25) is 9.11 Å². The molecule has 2 aliphatic rings. The molecule has 34 heavy (non-hydrogen) atoms. The summed E-state index contributed by atoms with van der Waals surface area (Å²) in [4.78, 5) is -0.133. The lowest BCUT2D eigenvalue weighted by Crippen LogP contribution is -2.05. The van der Waals surface area contributed by atoms with Crippen LogP contribution in [0.25, 0.3) is 0 Å². The molecule has 10 heteroatoms. The standard InChI is InChI=1S/C10H10O2.2C7H8O3S/c11-9-5-1-3-7(9)8-4-2-6-10(8)12;2*1-6-2-4-7(5-3-6)11(8,9)10/h1-3,5-6,9,11-12H,4H2;2*2-5H,1H3,(H,8,9,10). The molecule has 0 saturated carbocycles. The molecule has 4 rings (SSSR count). The molecular formula is C24H26O8S2. The van der Waals surface area contributed by atoms with Crippen LogP contribution in [0.3, 0.4) is 0 Å². The monoisotopic (exact) mass is 506 g/mol. The van der Waals surface area contributed by atoms with Gasteiger partial charge in [-0.2, -0.15) is 16.8 Å². The predicted octanol–water partition coefficient (Wildman–Crippen LogP) is 4.10. The van der Waals surface area contributed by atoms with Crippen LogP contribution in [-0.4, -0.2) is 42.3 Å². The molecule has 0 radical (unpaired) electrons. The van der Waals surface area contributed by atoms with Gasteiger partial charge in [0, 0.05) is 5.57 Å². The van der Waals surface area contributed by atoms with Crippen molar-refractivity contribution in [1.29, 1.82) is 0 Å². The Labute approximate surface area is 199 Å². The molecule has 1 unspecified atom stereocenters. The van der Waals surface area contributed by atoms with Crippen molar-refractivity contribution in [2.45, 2.75) is 36.2 Å². The van der Waals surface area contributed by atoms with Gasteiger partial charge < -0.3 is 10.2 Å². The molecule has 1 atom stereocenters. The van der Waals surface area contributed by atoms with Gasteiger partial charge in [-0.05, 0) is 56.2 Å². The van der Waals surface area contributed by atoms with Gasteiger partial charge in [0.1, 0.15) is 5.76 Å². The third-order valence-corrected chi connectivity index (χ3v) is 6.52. The van der Waals surface area contributed by atoms with Crippen LogP contribution in [0.15, 0.2) is 106 Å². The maximum absolute atomic E-state index is 10.5. The van der Waals surface area contributed by atoms with Gasteiger partial charge in [0.2, 0.25) is 0 Å². The molecule has 0 aliphatic heterocycles. The van der Waals surface area contributed by atoms with Crippen LogP contribution in [0.4, 0.5) is 0 Å². The maximum atomic E-state index is 10.5. The van der Waals surface area contributed by atoms with Gasteiger partial charge in [0.05, 0.1) is 15.9 Å². The summed E-state index contributed by atoms with van der Waals surface area (Å²) < 4.78 is 59.1. The molecule has 0 amide bonds. The highest BCUT2D eigenvalue weighted by molar-refractivity contribution is 7.86. The first-order chi connectivity index (χ1) is 15.8. The van der Waals surface area contributed by atoms with Crippen molar-refractivity contribution in [2.24, 2.45) is 0 Å². The molecule has 0 heterocycles. The number of allylic oxidation sites excluding steroid dienone is 4.